The van der Waals surface area contributed by atoms with Gasteiger partial charge in [-0.15, -0.1) is 0 Å². The summed E-state index contributed by atoms with van der Waals surface area (Å²) in [5.41, 5.74) is 0. The minimum absolute atomic E-state index is 0.0255. The van der Waals surface area contributed by atoms with Gasteiger partial charge in [-0.2, -0.15) is 0 Å². The minimum Gasteiger partial charge on any atom is -0.300 e. The molecule has 3 heteroatoms. The molecule has 0 heterocycles. The maximum Gasteiger partial charge on any atom is 0.212 e. The molecule has 0 aromatic heterocycles. The predicted octanol–water partition coefficient (Wildman–Crippen LogP) is 0.112. The third kappa shape index (κ3) is 2.03. The monoisotopic (exact) mass is 104 g/mol. The molecule has 0 fully saturated rings. The molecule has 0 spiro atoms. The Hall–Kier alpha value is -0.730. The fourth-order valence-electron chi connectivity index (χ4n) is 0.0958. The van der Waals surface area contributed by atoms with Crippen molar-refractivity contribution in [2.75, 3.05) is 0 Å². The lowest BCUT2D eigenvalue weighted by atomic mass is 10.3. The minimum atomic E-state index is -1.92. The predicted molar refractivity (Wildman–Crippen MR) is 21.6 cm³/mol. The first-order valence-corrected chi connectivity index (χ1v) is 1.78. The lowest BCUT2D eigenvalue weighted by Crippen LogP contribution is -2.11. The van der Waals surface area contributed by atoms with Gasteiger partial charge in [0.15, 0.2) is 12.1 Å². The topological polar surface area (TPSA) is 34.1 Å². The summed E-state index contributed by atoms with van der Waals surface area (Å²) in [5.74, 6) is -0.741. The quantitative estimate of drug-likeness (QED) is 0.368. The lowest BCUT2D eigenvalue weighted by Gasteiger charge is -1.85. The molecule has 0 saturated carbocycles. The van der Waals surface area contributed by atoms with Crippen LogP contribution >= 0.6 is 0 Å². The van der Waals surface area contributed by atoms with E-state index in [9.17, 15) is 14.0 Å². The molecule has 0 N–H and O–H groups in total. The van der Waals surface area contributed by atoms with E-state index in [-0.39, 0.29) is 6.29 Å². The fraction of sp³-hybridized carbons (Fsp3) is 0.500. The van der Waals surface area contributed by atoms with Crippen LogP contribution in [0.25, 0.3) is 0 Å². The van der Waals surface area contributed by atoms with Gasteiger partial charge in [0.2, 0.25) is 6.17 Å². The molecule has 0 radical (unpaired) electrons. The molecule has 0 aliphatic rings. The summed E-state index contributed by atoms with van der Waals surface area (Å²) in [6.45, 7) is 1.03. The zero-order chi connectivity index (χ0) is 5.86. The van der Waals surface area contributed by atoms with Gasteiger partial charge in [-0.1, -0.05) is 0 Å². The van der Waals surface area contributed by atoms with Gasteiger partial charge in [-0.05, 0) is 6.92 Å². The number of hydrogen-bond donors (Lipinski definition) is 0. The average molecular weight is 104 g/mol. The second-order valence-corrected chi connectivity index (χ2v) is 1.15. The molecule has 0 amide bonds. The van der Waals surface area contributed by atoms with Gasteiger partial charge in [-0.25, -0.2) is 4.39 Å². The van der Waals surface area contributed by atoms with Crippen molar-refractivity contribution in [2.24, 2.45) is 0 Å². The van der Waals surface area contributed by atoms with E-state index in [4.69, 9.17) is 0 Å². The molecule has 0 bridgehead atoms. The SMILES string of the molecule is CC(=O)C(F)C=O. The van der Waals surface area contributed by atoms with E-state index in [1.165, 1.54) is 0 Å². The standard InChI is InChI=1S/C4H5FO2/c1-3(7)4(5)2-6/h2,4H,1H3. The summed E-state index contributed by atoms with van der Waals surface area (Å²) < 4.78 is 11.5. The van der Waals surface area contributed by atoms with Gasteiger partial charge in [0.1, 0.15) is 0 Å². The van der Waals surface area contributed by atoms with Crippen LogP contribution in [0.3, 0.4) is 0 Å². The van der Waals surface area contributed by atoms with Crippen molar-refractivity contribution < 1.29 is 14.0 Å². The van der Waals surface area contributed by atoms with Gasteiger partial charge < -0.3 is 0 Å². The average Bonchev–Trinajstić information content (AvgIpc) is 1.65. The van der Waals surface area contributed by atoms with Crippen molar-refractivity contribution >= 4 is 12.1 Å². The number of halogens is 1. The van der Waals surface area contributed by atoms with Crippen molar-refractivity contribution in [2.45, 2.75) is 13.1 Å². The molecule has 40 valence electrons. The Morgan fingerprint density at radius 1 is 1.86 bits per heavy atom. The second kappa shape index (κ2) is 2.44. The Balaban J connectivity index is 3.55. The largest absolute Gasteiger partial charge is 0.300 e. The molecule has 0 aromatic rings. The normalized spacial score (nSPS) is 12.9. The number of hydrogen-bond acceptors (Lipinski definition) is 2. The van der Waals surface area contributed by atoms with E-state index in [1.54, 1.807) is 0 Å². The summed E-state index contributed by atoms with van der Waals surface area (Å²) in [4.78, 5) is 19.1. The van der Waals surface area contributed by atoms with Crippen LogP contribution in [0.2, 0.25) is 0 Å². The van der Waals surface area contributed by atoms with Gasteiger partial charge >= 0.3 is 0 Å². The number of carbonyl (C=O) groups excluding carboxylic acids is 2. The first-order chi connectivity index (χ1) is 3.18. The van der Waals surface area contributed by atoms with Crippen molar-refractivity contribution in [1.82, 2.24) is 0 Å². The van der Waals surface area contributed by atoms with Crippen LogP contribution in [0.5, 0.6) is 0 Å². The van der Waals surface area contributed by atoms with Crippen molar-refractivity contribution in [1.29, 1.82) is 0 Å². The lowest BCUT2D eigenvalue weighted by molar-refractivity contribution is -0.126. The van der Waals surface area contributed by atoms with Crippen LogP contribution in [-0.2, 0) is 9.59 Å². The molecule has 1 unspecified atom stereocenters. The molecular weight excluding hydrogens is 99.0 g/mol. The molecule has 0 saturated heterocycles. The van der Waals surface area contributed by atoms with Crippen LogP contribution < -0.4 is 0 Å². The number of alkyl halides is 1. The van der Waals surface area contributed by atoms with Crippen LogP contribution in [0.1, 0.15) is 6.92 Å². The highest BCUT2D eigenvalue weighted by Gasteiger charge is 2.07. The number of ketones is 1. The first-order valence-electron chi connectivity index (χ1n) is 1.78. The highest BCUT2D eigenvalue weighted by molar-refractivity contribution is 5.94. The summed E-state index contributed by atoms with van der Waals surface area (Å²) in [6, 6.07) is 0. The third-order valence-corrected chi connectivity index (χ3v) is 0.508. The van der Waals surface area contributed by atoms with E-state index in [0.29, 0.717) is 0 Å². The van der Waals surface area contributed by atoms with E-state index in [2.05, 4.69) is 0 Å². The van der Waals surface area contributed by atoms with Crippen molar-refractivity contribution in [3.8, 4) is 0 Å². The van der Waals surface area contributed by atoms with Gasteiger partial charge in [-0.3, -0.25) is 9.59 Å². The number of Topliss-reactive ketones (excluding diaryl/α,β-unsaturated/α-hetero) is 1. The highest BCUT2D eigenvalue weighted by Crippen LogP contribution is 1.83. The Bertz CT molecular complexity index is 89.7. The van der Waals surface area contributed by atoms with E-state index in [0.717, 1.165) is 6.92 Å². The maximum absolute atomic E-state index is 11.5. The highest BCUT2D eigenvalue weighted by atomic mass is 19.1. The smallest absolute Gasteiger partial charge is 0.212 e. The van der Waals surface area contributed by atoms with Crippen LogP contribution in [0, 0.1) is 0 Å². The van der Waals surface area contributed by atoms with Gasteiger partial charge in [0.25, 0.3) is 0 Å². The molecule has 0 aromatic carbocycles. The van der Waals surface area contributed by atoms with Crippen LogP contribution in [-0.4, -0.2) is 18.2 Å². The molecule has 2 nitrogen and oxygen atoms in total. The van der Waals surface area contributed by atoms with Gasteiger partial charge in [0.05, 0.1) is 0 Å². The summed E-state index contributed by atoms with van der Waals surface area (Å²) in [5, 5.41) is 0. The second-order valence-electron chi connectivity index (χ2n) is 1.15. The van der Waals surface area contributed by atoms with Gasteiger partial charge in [0, 0.05) is 0 Å². The number of aldehydes is 1. The number of rotatable bonds is 2. The first kappa shape index (κ1) is 6.27. The molecule has 0 rings (SSSR count). The summed E-state index contributed by atoms with van der Waals surface area (Å²) >= 11 is 0. The third-order valence-electron chi connectivity index (χ3n) is 0.508. The summed E-state index contributed by atoms with van der Waals surface area (Å²) in [6.07, 6.45) is -1.94. The molecular formula is C4H5FO2. The summed E-state index contributed by atoms with van der Waals surface area (Å²) in [7, 11) is 0. The zero-order valence-corrected chi connectivity index (χ0v) is 3.85. The molecule has 0 aliphatic heterocycles. The Morgan fingerprint density at radius 2 is 2.29 bits per heavy atom. The Morgan fingerprint density at radius 3 is 2.29 bits per heavy atom. The molecule has 0 aliphatic carbocycles. The van der Waals surface area contributed by atoms with E-state index >= 15 is 0 Å². The van der Waals surface area contributed by atoms with Crippen molar-refractivity contribution in [3.63, 3.8) is 0 Å². The fourth-order valence-corrected chi connectivity index (χ4v) is 0.0958. The Labute approximate surface area is 40.3 Å². The van der Waals surface area contributed by atoms with E-state index in [1.807, 2.05) is 0 Å². The van der Waals surface area contributed by atoms with Crippen molar-refractivity contribution in [3.05, 3.63) is 0 Å². The van der Waals surface area contributed by atoms with Crippen LogP contribution in [0.15, 0.2) is 0 Å². The van der Waals surface area contributed by atoms with E-state index < -0.39 is 12.0 Å². The number of carbonyl (C=O) groups is 2. The zero-order valence-electron chi connectivity index (χ0n) is 3.85. The van der Waals surface area contributed by atoms with Crippen LogP contribution in [0.4, 0.5) is 4.39 Å². The Kier molecular flexibility index (Phi) is 2.19. The maximum atomic E-state index is 11.5. The molecule has 7 heavy (non-hydrogen) atoms. The molecule has 1 atom stereocenters.